The van der Waals surface area contributed by atoms with E-state index >= 15 is 0 Å². The summed E-state index contributed by atoms with van der Waals surface area (Å²) < 4.78 is 26.2. The zero-order valence-corrected chi connectivity index (χ0v) is 25.5. The van der Waals surface area contributed by atoms with Crippen molar-refractivity contribution in [3.05, 3.63) is 35.4 Å². The van der Waals surface area contributed by atoms with E-state index in [4.69, 9.17) is 13.8 Å². The third-order valence-electron chi connectivity index (χ3n) is 6.41. The van der Waals surface area contributed by atoms with Gasteiger partial charge in [0.1, 0.15) is 0 Å². The number of benzene rings is 1. The third-order valence-corrected chi connectivity index (χ3v) is 7.75. The first-order valence-corrected chi connectivity index (χ1v) is 17.0. The number of rotatable bonds is 25. The number of ether oxygens (including phenoxy) is 1. The second-order valence-electron chi connectivity index (χ2n) is 9.65. The molecule has 0 heterocycles. The summed E-state index contributed by atoms with van der Waals surface area (Å²) in [6, 6.07) is 7.84. The first kappa shape index (κ1) is 34.3. The van der Waals surface area contributed by atoms with Crippen LogP contribution in [0.4, 0.5) is 0 Å². The molecule has 0 aromatic heterocycles. The Bertz CT molecular complexity index is 728. The second kappa shape index (κ2) is 23.2. The Kier molecular flexibility index (Phi) is 21.5. The molecule has 214 valence electrons. The highest BCUT2D eigenvalue weighted by Gasteiger charge is 2.19. The van der Waals surface area contributed by atoms with Gasteiger partial charge in [0.2, 0.25) is 0 Å². The fraction of sp³-hybridized carbons (Fsp3) is 0.759. The lowest BCUT2D eigenvalue weighted by Crippen LogP contribution is -2.04. The number of carbonyl (C=O) groups excluding carboxylic acids is 1. The number of phosphoric acid groups is 1. The van der Waals surface area contributed by atoms with E-state index in [1.165, 1.54) is 89.0 Å². The average molecular weight is 606 g/mol. The Morgan fingerprint density at radius 2 is 1.16 bits per heavy atom. The molecule has 1 unspecified atom stereocenters. The molecule has 37 heavy (non-hydrogen) atoms. The van der Waals surface area contributed by atoms with Crippen molar-refractivity contribution in [2.45, 2.75) is 116 Å². The Labute approximate surface area is 234 Å². The van der Waals surface area contributed by atoms with Gasteiger partial charge in [-0.05, 0) is 43.9 Å². The Hall–Kier alpha value is -0.720. The van der Waals surface area contributed by atoms with Crippen molar-refractivity contribution < 1.29 is 28.0 Å². The molecule has 1 rings (SSSR count). The highest BCUT2D eigenvalue weighted by atomic mass is 79.9. The molecule has 0 fully saturated rings. The zero-order valence-electron chi connectivity index (χ0n) is 23.0. The van der Waals surface area contributed by atoms with Gasteiger partial charge < -0.3 is 9.63 Å². The molecule has 0 saturated carbocycles. The first-order valence-electron chi connectivity index (χ1n) is 14.4. The van der Waals surface area contributed by atoms with Crippen molar-refractivity contribution in [2.75, 3.05) is 25.2 Å². The van der Waals surface area contributed by atoms with E-state index in [1.54, 1.807) is 0 Å². The number of hydrogen-bond donors (Lipinski definition) is 1. The predicted octanol–water partition coefficient (Wildman–Crippen LogP) is 9.18. The lowest BCUT2D eigenvalue weighted by atomic mass is 10.0. The summed E-state index contributed by atoms with van der Waals surface area (Å²) in [4.78, 5) is 21.1. The van der Waals surface area contributed by atoms with Gasteiger partial charge in [-0.1, -0.05) is 118 Å². The van der Waals surface area contributed by atoms with Crippen LogP contribution in [0.1, 0.15) is 126 Å². The van der Waals surface area contributed by atoms with Crippen molar-refractivity contribution in [1.82, 2.24) is 0 Å². The van der Waals surface area contributed by atoms with Gasteiger partial charge in [-0.15, -0.1) is 0 Å². The predicted molar refractivity (Wildman–Crippen MR) is 155 cm³/mol. The van der Waals surface area contributed by atoms with Gasteiger partial charge >= 0.3 is 13.8 Å². The minimum atomic E-state index is -3.86. The van der Waals surface area contributed by atoms with Crippen LogP contribution in [-0.4, -0.2) is 36.0 Å². The Balaban J connectivity index is 1.80. The minimum absolute atomic E-state index is 0.174. The molecular formula is C29H50BrO6P. The normalized spacial score (nSPS) is 12.9. The molecule has 0 bridgehead atoms. The van der Waals surface area contributed by atoms with Gasteiger partial charge in [-0.25, -0.2) is 9.36 Å². The lowest BCUT2D eigenvalue weighted by Gasteiger charge is -2.11. The summed E-state index contributed by atoms with van der Waals surface area (Å²) in [5, 5.41) is 0.515. The molecule has 0 spiro atoms. The third kappa shape index (κ3) is 19.9. The van der Waals surface area contributed by atoms with Crippen LogP contribution < -0.4 is 0 Å². The van der Waals surface area contributed by atoms with Gasteiger partial charge in [0.15, 0.2) is 0 Å². The van der Waals surface area contributed by atoms with E-state index in [0.717, 1.165) is 25.7 Å². The summed E-state index contributed by atoms with van der Waals surface area (Å²) in [7, 11) is -3.86. The van der Waals surface area contributed by atoms with Crippen molar-refractivity contribution in [3.8, 4) is 0 Å². The van der Waals surface area contributed by atoms with Crippen LogP contribution in [0.2, 0.25) is 0 Å². The van der Waals surface area contributed by atoms with Crippen LogP contribution in [-0.2, 0) is 24.8 Å². The average Bonchev–Trinajstić information content (AvgIpc) is 2.89. The molecule has 1 N–H and O–H groups in total. The Morgan fingerprint density at radius 3 is 1.62 bits per heavy atom. The molecule has 0 aliphatic rings. The maximum absolute atomic E-state index is 11.7. The van der Waals surface area contributed by atoms with Crippen molar-refractivity contribution in [1.29, 1.82) is 0 Å². The number of halogens is 1. The summed E-state index contributed by atoms with van der Waals surface area (Å²) in [5.74, 6) is -0.240. The monoisotopic (exact) mass is 604 g/mol. The van der Waals surface area contributed by atoms with Crippen LogP contribution in [0.5, 0.6) is 0 Å². The molecule has 1 aromatic rings. The van der Waals surface area contributed by atoms with Crippen molar-refractivity contribution in [2.24, 2.45) is 0 Å². The molecular weight excluding hydrogens is 555 g/mol. The number of phosphoric ester groups is 1. The zero-order chi connectivity index (χ0) is 27.0. The highest BCUT2D eigenvalue weighted by molar-refractivity contribution is 9.09. The van der Waals surface area contributed by atoms with E-state index in [0.29, 0.717) is 17.5 Å². The lowest BCUT2D eigenvalue weighted by molar-refractivity contribution is 0.0526. The second-order valence-corrected chi connectivity index (χ2v) is 11.9. The van der Waals surface area contributed by atoms with Crippen LogP contribution in [0.15, 0.2) is 24.3 Å². The molecule has 0 amide bonds. The topological polar surface area (TPSA) is 82.1 Å². The molecule has 0 radical (unpaired) electrons. The minimum Gasteiger partial charge on any atom is -0.462 e. The quantitative estimate of drug-likeness (QED) is 0.0518. The van der Waals surface area contributed by atoms with E-state index in [-0.39, 0.29) is 19.2 Å². The molecule has 1 atom stereocenters. The standard InChI is InChI=1S/C29H50BrO6P/c1-2-34-29(31)28-22-20-27(21-23-28)19-17-15-13-11-9-7-5-3-4-6-8-10-12-14-16-18-25-35-37(32,33)36-26-24-30/h20-23H,2-19,24-26H2,1H3,(H,32,33). The molecule has 1 aromatic carbocycles. The van der Waals surface area contributed by atoms with Crippen LogP contribution in [0.3, 0.4) is 0 Å². The molecule has 0 aliphatic heterocycles. The van der Waals surface area contributed by atoms with Gasteiger partial charge in [-0.2, -0.15) is 0 Å². The number of aryl methyl sites for hydroxylation is 1. The van der Waals surface area contributed by atoms with Crippen LogP contribution in [0, 0.1) is 0 Å². The van der Waals surface area contributed by atoms with Crippen LogP contribution >= 0.6 is 23.8 Å². The van der Waals surface area contributed by atoms with Gasteiger partial charge in [0, 0.05) is 5.33 Å². The fourth-order valence-electron chi connectivity index (χ4n) is 4.30. The number of carbonyl (C=O) groups is 1. The number of esters is 1. The Morgan fingerprint density at radius 1 is 0.730 bits per heavy atom. The molecule has 6 nitrogen and oxygen atoms in total. The summed E-state index contributed by atoms with van der Waals surface area (Å²) in [6.45, 7) is 2.69. The van der Waals surface area contributed by atoms with E-state index in [9.17, 15) is 14.3 Å². The maximum Gasteiger partial charge on any atom is 0.472 e. The van der Waals surface area contributed by atoms with E-state index in [1.807, 2.05) is 31.2 Å². The van der Waals surface area contributed by atoms with E-state index in [2.05, 4.69) is 15.9 Å². The highest BCUT2D eigenvalue weighted by Crippen LogP contribution is 2.43. The first-order chi connectivity index (χ1) is 18.0. The fourth-order valence-corrected chi connectivity index (χ4v) is 5.46. The number of hydrogen-bond acceptors (Lipinski definition) is 5. The number of unbranched alkanes of at least 4 members (excludes halogenated alkanes) is 15. The van der Waals surface area contributed by atoms with Gasteiger partial charge in [0.25, 0.3) is 0 Å². The van der Waals surface area contributed by atoms with Crippen molar-refractivity contribution >= 4 is 29.7 Å². The van der Waals surface area contributed by atoms with Crippen LogP contribution in [0.25, 0.3) is 0 Å². The smallest absolute Gasteiger partial charge is 0.462 e. The summed E-state index contributed by atoms with van der Waals surface area (Å²) in [5.41, 5.74) is 1.93. The van der Waals surface area contributed by atoms with Gasteiger partial charge in [-0.3, -0.25) is 9.05 Å². The van der Waals surface area contributed by atoms with Crippen molar-refractivity contribution in [3.63, 3.8) is 0 Å². The molecule has 8 heteroatoms. The molecule has 0 saturated heterocycles. The maximum atomic E-state index is 11.7. The van der Waals surface area contributed by atoms with Gasteiger partial charge in [0.05, 0.1) is 25.4 Å². The molecule has 0 aliphatic carbocycles. The SMILES string of the molecule is CCOC(=O)c1ccc(CCCCCCCCCCCCCCCCCCOP(=O)(O)OCCBr)cc1. The summed E-state index contributed by atoms with van der Waals surface area (Å²) in [6.07, 6.45) is 21.2. The summed E-state index contributed by atoms with van der Waals surface area (Å²) >= 11 is 3.15. The van der Waals surface area contributed by atoms with E-state index < -0.39 is 7.82 Å². The number of alkyl halides is 1. The largest absolute Gasteiger partial charge is 0.472 e.